The predicted octanol–water partition coefficient (Wildman–Crippen LogP) is -1.38. The van der Waals surface area contributed by atoms with Gasteiger partial charge in [0.15, 0.2) is 43.1 Å². The van der Waals surface area contributed by atoms with Crippen LogP contribution in [0.1, 0.15) is 48.5 Å². The van der Waals surface area contributed by atoms with E-state index in [1.54, 1.807) is 0 Å². The SMILES string of the molecule is CC(=O)OCC1OC(O[C@@H]2C(COC(C)=O)OC(OCCO)[C@H](OC(C)=O)C2OC(C)=O)[C@H](OC(C)=O)C(OC(C)=O)[C@@H]1OC(C)=O. The fraction of sp³-hybridized carbons (Fsp3) is 0.750. The van der Waals surface area contributed by atoms with Gasteiger partial charge in [0, 0.05) is 48.5 Å². The maximum absolute atomic E-state index is 12.3. The van der Waals surface area contributed by atoms with Crippen LogP contribution in [0.5, 0.6) is 0 Å². The number of aliphatic hydroxyl groups is 1. The maximum atomic E-state index is 12.3. The Morgan fingerprint density at radius 3 is 1.28 bits per heavy atom. The van der Waals surface area contributed by atoms with E-state index in [1.165, 1.54) is 0 Å². The zero-order valence-electron chi connectivity index (χ0n) is 26.9. The molecule has 6 unspecified atom stereocenters. The van der Waals surface area contributed by atoms with Gasteiger partial charge in [-0.1, -0.05) is 0 Å². The Balaban J connectivity index is 2.71. The van der Waals surface area contributed by atoms with Crippen molar-refractivity contribution in [3.63, 3.8) is 0 Å². The standard InChI is InChI=1S/C28H40O19/c1-12(30)38-10-19-21(40-14(3)32)23(41-15(4)33)26(44-18(7)36)28(46-19)47-22-20(11-39-13(2)31)45-27(37-9-8-29)25(43-17(6)35)24(22)42-16(5)34/h19-29H,8-11H2,1-7H3/t19?,20?,21-,22-,23?,24?,25-,26-,27?,28?/m1/s1. The highest BCUT2D eigenvalue weighted by Crippen LogP contribution is 2.35. The zero-order valence-corrected chi connectivity index (χ0v) is 26.9. The van der Waals surface area contributed by atoms with Gasteiger partial charge in [-0.25, -0.2) is 0 Å². The Labute approximate surface area is 269 Å². The van der Waals surface area contributed by atoms with E-state index < -0.39 is 123 Å². The van der Waals surface area contributed by atoms with E-state index in [0.717, 1.165) is 48.5 Å². The van der Waals surface area contributed by atoms with Crippen LogP contribution in [-0.4, -0.2) is 135 Å². The van der Waals surface area contributed by atoms with E-state index in [1.807, 2.05) is 0 Å². The molecule has 0 radical (unpaired) electrons. The molecule has 2 rings (SSSR count). The summed E-state index contributed by atoms with van der Waals surface area (Å²) in [6.07, 6.45) is -15.6. The van der Waals surface area contributed by atoms with Crippen molar-refractivity contribution >= 4 is 41.8 Å². The fourth-order valence-corrected chi connectivity index (χ4v) is 4.78. The average Bonchev–Trinajstić information content (AvgIpc) is 2.94. The molecule has 47 heavy (non-hydrogen) atoms. The quantitative estimate of drug-likeness (QED) is 0.164. The summed E-state index contributed by atoms with van der Waals surface area (Å²) < 4.78 is 60.9. The van der Waals surface area contributed by atoms with Crippen molar-refractivity contribution in [1.29, 1.82) is 0 Å². The van der Waals surface area contributed by atoms with Gasteiger partial charge >= 0.3 is 41.8 Å². The highest BCUT2D eigenvalue weighted by molar-refractivity contribution is 5.69. The van der Waals surface area contributed by atoms with Gasteiger partial charge in [-0.15, -0.1) is 0 Å². The number of hydrogen-bond acceptors (Lipinski definition) is 19. The molecular formula is C28H40O19. The third kappa shape index (κ3) is 12.3. The first kappa shape index (κ1) is 39.3. The molecular weight excluding hydrogens is 640 g/mol. The number of ether oxygens (including phenoxy) is 11. The number of carbonyl (C=O) groups excluding carboxylic acids is 7. The van der Waals surface area contributed by atoms with Gasteiger partial charge in [0.1, 0.15) is 31.5 Å². The topological polar surface area (TPSA) is 241 Å². The number of aliphatic hydroxyl groups excluding tert-OH is 1. The van der Waals surface area contributed by atoms with Crippen LogP contribution >= 0.6 is 0 Å². The van der Waals surface area contributed by atoms with Crippen molar-refractivity contribution < 1.29 is 90.8 Å². The lowest BCUT2D eigenvalue weighted by molar-refractivity contribution is -0.361. The van der Waals surface area contributed by atoms with Crippen molar-refractivity contribution in [2.45, 2.75) is 110 Å². The minimum absolute atomic E-state index is 0.319. The Kier molecular flexibility index (Phi) is 15.4. The number of carbonyl (C=O) groups is 7. The highest BCUT2D eigenvalue weighted by Gasteiger charge is 2.57. The number of rotatable bonds is 14. The first-order valence-corrected chi connectivity index (χ1v) is 14.4. The van der Waals surface area contributed by atoms with Crippen LogP contribution in [0.3, 0.4) is 0 Å². The smallest absolute Gasteiger partial charge is 0.303 e. The summed E-state index contributed by atoms with van der Waals surface area (Å²) in [4.78, 5) is 84.4. The molecule has 0 amide bonds. The van der Waals surface area contributed by atoms with E-state index in [0.29, 0.717) is 0 Å². The van der Waals surface area contributed by atoms with Gasteiger partial charge in [-0.05, 0) is 0 Å². The maximum Gasteiger partial charge on any atom is 0.303 e. The first-order chi connectivity index (χ1) is 22.0. The second-order valence-corrected chi connectivity index (χ2v) is 10.3. The van der Waals surface area contributed by atoms with E-state index in [-0.39, 0.29) is 6.61 Å². The van der Waals surface area contributed by atoms with Crippen molar-refractivity contribution in [1.82, 2.24) is 0 Å². The monoisotopic (exact) mass is 680 g/mol. The van der Waals surface area contributed by atoms with E-state index >= 15 is 0 Å². The third-order valence-corrected chi connectivity index (χ3v) is 6.26. The lowest BCUT2D eigenvalue weighted by Gasteiger charge is -2.48. The molecule has 0 saturated carbocycles. The van der Waals surface area contributed by atoms with Crippen LogP contribution in [0.4, 0.5) is 0 Å². The lowest BCUT2D eigenvalue weighted by atomic mass is 9.96. The summed E-state index contributed by atoms with van der Waals surface area (Å²) in [5, 5.41) is 9.33. The molecule has 19 nitrogen and oxygen atoms in total. The molecule has 1 N–H and O–H groups in total. The van der Waals surface area contributed by atoms with Gasteiger partial charge in [0.2, 0.25) is 0 Å². The lowest BCUT2D eigenvalue weighted by Crippen LogP contribution is -2.67. The summed E-state index contributed by atoms with van der Waals surface area (Å²) >= 11 is 0. The summed E-state index contributed by atoms with van der Waals surface area (Å²) in [5.41, 5.74) is 0. The molecule has 0 aromatic carbocycles. The largest absolute Gasteiger partial charge is 0.463 e. The molecule has 10 atom stereocenters. The number of esters is 7. The summed E-state index contributed by atoms with van der Waals surface area (Å²) in [6.45, 7) is 5.44. The second kappa shape index (κ2) is 18.4. The molecule has 19 heteroatoms. The van der Waals surface area contributed by atoms with Gasteiger partial charge in [0.05, 0.1) is 13.2 Å². The van der Waals surface area contributed by atoms with Gasteiger partial charge in [0.25, 0.3) is 0 Å². The van der Waals surface area contributed by atoms with Crippen LogP contribution in [0, 0.1) is 0 Å². The molecule has 0 aromatic rings. The average molecular weight is 681 g/mol. The molecule has 2 aliphatic heterocycles. The minimum Gasteiger partial charge on any atom is -0.463 e. The Bertz CT molecular complexity index is 1140. The normalized spacial score (nSPS) is 30.2. The van der Waals surface area contributed by atoms with Crippen LogP contribution < -0.4 is 0 Å². The third-order valence-electron chi connectivity index (χ3n) is 6.26. The van der Waals surface area contributed by atoms with Crippen LogP contribution in [0.2, 0.25) is 0 Å². The van der Waals surface area contributed by atoms with Gasteiger partial charge in [-0.2, -0.15) is 0 Å². The second-order valence-electron chi connectivity index (χ2n) is 10.3. The molecule has 2 heterocycles. The molecule has 0 spiro atoms. The summed E-state index contributed by atoms with van der Waals surface area (Å²) in [7, 11) is 0. The molecule has 2 fully saturated rings. The predicted molar refractivity (Wildman–Crippen MR) is 146 cm³/mol. The Hall–Kier alpha value is -3.91. The zero-order chi connectivity index (χ0) is 35.4. The first-order valence-electron chi connectivity index (χ1n) is 14.4. The van der Waals surface area contributed by atoms with Gasteiger partial charge < -0.3 is 57.2 Å². The number of hydrogen-bond donors (Lipinski definition) is 1. The van der Waals surface area contributed by atoms with Crippen LogP contribution in [-0.2, 0) is 85.7 Å². The molecule has 266 valence electrons. The molecule has 0 aromatic heterocycles. The van der Waals surface area contributed by atoms with Crippen molar-refractivity contribution in [2.75, 3.05) is 26.4 Å². The van der Waals surface area contributed by atoms with Crippen LogP contribution in [0.15, 0.2) is 0 Å². The molecule has 2 saturated heterocycles. The molecule has 0 bridgehead atoms. The van der Waals surface area contributed by atoms with Gasteiger partial charge in [-0.3, -0.25) is 33.6 Å². The Morgan fingerprint density at radius 2 is 0.851 bits per heavy atom. The Morgan fingerprint density at radius 1 is 0.489 bits per heavy atom. The molecule has 2 aliphatic rings. The highest BCUT2D eigenvalue weighted by atomic mass is 16.8. The van der Waals surface area contributed by atoms with E-state index in [2.05, 4.69) is 0 Å². The van der Waals surface area contributed by atoms with E-state index in [9.17, 15) is 38.7 Å². The van der Waals surface area contributed by atoms with Crippen molar-refractivity contribution in [3.05, 3.63) is 0 Å². The van der Waals surface area contributed by atoms with E-state index in [4.69, 9.17) is 52.1 Å². The van der Waals surface area contributed by atoms with Crippen molar-refractivity contribution in [2.24, 2.45) is 0 Å². The molecule has 0 aliphatic carbocycles. The van der Waals surface area contributed by atoms with Crippen LogP contribution in [0.25, 0.3) is 0 Å². The van der Waals surface area contributed by atoms with Crippen molar-refractivity contribution in [3.8, 4) is 0 Å². The summed E-state index contributed by atoms with van der Waals surface area (Å²) in [6, 6.07) is 0. The summed E-state index contributed by atoms with van der Waals surface area (Å²) in [5.74, 6) is -5.95. The minimum atomic E-state index is -1.80. The fourth-order valence-electron chi connectivity index (χ4n) is 4.78.